The van der Waals surface area contributed by atoms with Gasteiger partial charge in [0.15, 0.2) is 0 Å². The smallest absolute Gasteiger partial charge is 0.123 e. The van der Waals surface area contributed by atoms with Crippen molar-refractivity contribution in [2.24, 2.45) is 0 Å². The summed E-state index contributed by atoms with van der Waals surface area (Å²) in [4.78, 5) is 4.52. The first kappa shape index (κ1) is 59.5. The third-order valence-corrected chi connectivity index (χ3v) is 21.5. The molecule has 1 atom stereocenters. The van der Waals surface area contributed by atoms with Gasteiger partial charge in [-0.1, -0.05) is 260 Å². The summed E-state index contributed by atoms with van der Waals surface area (Å²) >= 11 is 0. The Morgan fingerprint density at radius 2 is 0.691 bits per heavy atom. The van der Waals surface area contributed by atoms with Gasteiger partial charge in [-0.2, -0.15) is 0 Å². The van der Waals surface area contributed by atoms with E-state index in [4.69, 9.17) is 0 Å². The lowest BCUT2D eigenvalue weighted by atomic mass is 9.81. The van der Waals surface area contributed by atoms with Crippen LogP contribution in [0, 0.1) is 11.6 Å². The number of benzene rings is 13. The zero-order valence-electron chi connectivity index (χ0n) is 55.4. The fraction of sp³-hybridized carbons (Fsp3) is 0.118. The first-order valence-electron chi connectivity index (χ1n) is 33.9. The van der Waals surface area contributed by atoms with E-state index in [1.807, 2.05) is 24.3 Å². The molecule has 0 saturated carbocycles. The summed E-state index contributed by atoms with van der Waals surface area (Å²) in [5, 5.41) is 4.98. The van der Waals surface area contributed by atoms with Crippen LogP contribution in [0.3, 0.4) is 0 Å². The van der Waals surface area contributed by atoms with Crippen LogP contribution in [-0.4, -0.2) is 0 Å². The van der Waals surface area contributed by atoms with Crippen molar-refractivity contribution < 1.29 is 8.78 Å². The van der Waals surface area contributed by atoms with Crippen molar-refractivity contribution in [2.45, 2.75) is 70.1 Å². The van der Waals surface area contributed by atoms with E-state index in [0.29, 0.717) is 0 Å². The van der Waals surface area contributed by atoms with Crippen LogP contribution in [0.5, 0.6) is 0 Å². The first-order valence-corrected chi connectivity index (χ1v) is 33.9. The molecule has 0 fully saturated rings. The molecule has 468 valence electrons. The van der Waals surface area contributed by atoms with E-state index in [0.717, 1.165) is 57.2 Å². The number of hydrogen-bond acceptors (Lipinski definition) is 2. The summed E-state index contributed by atoms with van der Waals surface area (Å²) in [6.07, 6.45) is 16.8. The van der Waals surface area contributed by atoms with Crippen molar-refractivity contribution in [3.05, 3.63) is 364 Å². The van der Waals surface area contributed by atoms with Crippen LogP contribution in [0.4, 0.5) is 37.2 Å². The molecule has 0 aromatic heterocycles. The van der Waals surface area contributed by atoms with E-state index in [9.17, 15) is 8.78 Å². The molecule has 4 aliphatic carbocycles. The molecule has 0 N–H and O–H groups in total. The standard InChI is InChI=1S/C93H72F2N2/c1-91(2)85-53-59(21-23-61-27-49-81-83-51-45-73(57-89(83)92(3,4)87(81)55-61)96(71-41-33-67(94)34-42-71)69-37-29-65(30-38-69)77-19-11-15-63-13-7-9-17-75(63)77)25-47-79(85)80-48-26-60(54-86(80)91)22-24-62-28-50-82-84-52-46-74(58-90(84)93(5,6)88(82)56-62)97(72-43-35-68(95)36-44-72)70-39-31-66(32-40-70)78-20-12-16-64-14-8-10-18-76(64)78/h7-31,33-58,66H,32H2,1-6H3/b23-21+,24-22+. The van der Waals surface area contributed by atoms with Crippen LogP contribution in [0.25, 0.3) is 90.4 Å². The van der Waals surface area contributed by atoms with Crippen molar-refractivity contribution in [1.29, 1.82) is 0 Å². The predicted octanol–water partition coefficient (Wildman–Crippen LogP) is 25.4. The summed E-state index contributed by atoms with van der Waals surface area (Å²) in [6, 6.07) is 94.1. The van der Waals surface area contributed by atoms with Crippen LogP contribution in [0.15, 0.2) is 291 Å². The highest BCUT2D eigenvalue weighted by Gasteiger charge is 2.39. The lowest BCUT2D eigenvalue weighted by molar-refractivity contribution is 0.627. The molecule has 0 saturated heterocycles. The Bertz CT molecular complexity index is 5470. The third kappa shape index (κ3) is 10.2. The van der Waals surface area contributed by atoms with Crippen LogP contribution in [0.1, 0.15) is 115 Å². The Kier molecular flexibility index (Phi) is 14.1. The second-order valence-electron chi connectivity index (χ2n) is 28.3. The van der Waals surface area contributed by atoms with Gasteiger partial charge in [-0.15, -0.1) is 0 Å². The van der Waals surface area contributed by atoms with Crippen molar-refractivity contribution in [2.75, 3.05) is 9.80 Å². The highest BCUT2D eigenvalue weighted by Crippen LogP contribution is 2.54. The number of rotatable bonds is 12. The topological polar surface area (TPSA) is 6.48 Å². The number of anilines is 5. The van der Waals surface area contributed by atoms with Crippen LogP contribution in [0.2, 0.25) is 0 Å². The molecule has 0 heterocycles. The van der Waals surface area contributed by atoms with Gasteiger partial charge >= 0.3 is 0 Å². The molecular weight excluding hydrogens is 1180 g/mol. The molecule has 0 spiro atoms. The summed E-state index contributed by atoms with van der Waals surface area (Å²) in [5.74, 6) is -0.258. The van der Waals surface area contributed by atoms with E-state index in [2.05, 4.69) is 312 Å². The normalized spacial score (nSPS) is 15.7. The van der Waals surface area contributed by atoms with Gasteiger partial charge in [0, 0.05) is 56.3 Å². The Labute approximate surface area is 567 Å². The summed E-state index contributed by atoms with van der Waals surface area (Å²) in [6.45, 7) is 14.1. The molecule has 13 aromatic rings. The second kappa shape index (κ2) is 23.0. The monoisotopic (exact) mass is 1250 g/mol. The van der Waals surface area contributed by atoms with Gasteiger partial charge in [0.25, 0.3) is 0 Å². The number of fused-ring (bicyclic) bond motifs is 11. The maximum Gasteiger partial charge on any atom is 0.123 e. The van der Waals surface area contributed by atoms with Gasteiger partial charge in [0.2, 0.25) is 0 Å². The van der Waals surface area contributed by atoms with E-state index < -0.39 is 0 Å². The summed E-state index contributed by atoms with van der Waals surface area (Å²) in [7, 11) is 0. The minimum atomic E-state index is -0.278. The fourth-order valence-electron chi connectivity index (χ4n) is 16.3. The molecule has 0 aliphatic heterocycles. The van der Waals surface area contributed by atoms with Crippen molar-refractivity contribution in [3.8, 4) is 44.5 Å². The lowest BCUT2D eigenvalue weighted by Crippen LogP contribution is -2.19. The molecule has 0 radical (unpaired) electrons. The van der Waals surface area contributed by atoms with Crippen molar-refractivity contribution in [3.63, 3.8) is 0 Å². The highest BCUT2D eigenvalue weighted by molar-refractivity contribution is 5.98. The molecular formula is C93H72F2N2. The lowest BCUT2D eigenvalue weighted by Gasteiger charge is -2.31. The number of hydrogen-bond donors (Lipinski definition) is 0. The van der Waals surface area contributed by atoms with Crippen LogP contribution >= 0.6 is 0 Å². The molecule has 1 unspecified atom stereocenters. The highest BCUT2D eigenvalue weighted by atomic mass is 19.1. The first-order chi connectivity index (χ1) is 47.1. The molecule has 4 heteroatoms. The molecule has 2 nitrogen and oxygen atoms in total. The molecule has 4 aliphatic rings. The minimum absolute atomic E-state index is 0.202. The molecule has 13 aromatic carbocycles. The Morgan fingerprint density at radius 3 is 1.14 bits per heavy atom. The van der Waals surface area contributed by atoms with E-state index in [-0.39, 0.29) is 33.8 Å². The Hall–Kier alpha value is -11.2. The molecule has 0 bridgehead atoms. The van der Waals surface area contributed by atoms with Crippen LogP contribution < -0.4 is 9.80 Å². The van der Waals surface area contributed by atoms with Gasteiger partial charge < -0.3 is 9.80 Å². The third-order valence-electron chi connectivity index (χ3n) is 21.5. The number of allylic oxidation sites excluding steroid dienone is 3. The minimum Gasteiger partial charge on any atom is -0.311 e. The van der Waals surface area contributed by atoms with Gasteiger partial charge in [-0.3, -0.25) is 0 Å². The van der Waals surface area contributed by atoms with Gasteiger partial charge in [-0.05, 0) is 225 Å². The molecule has 97 heavy (non-hydrogen) atoms. The average molecular weight is 1260 g/mol. The van der Waals surface area contributed by atoms with Crippen molar-refractivity contribution in [1.82, 2.24) is 0 Å². The number of halogens is 2. The predicted molar refractivity (Wildman–Crippen MR) is 405 cm³/mol. The van der Waals surface area contributed by atoms with Gasteiger partial charge in [0.05, 0.1) is 0 Å². The largest absolute Gasteiger partial charge is 0.311 e. The van der Waals surface area contributed by atoms with E-state index in [1.165, 1.54) is 111 Å². The van der Waals surface area contributed by atoms with Gasteiger partial charge in [0.1, 0.15) is 11.6 Å². The van der Waals surface area contributed by atoms with E-state index >= 15 is 0 Å². The second-order valence-corrected chi connectivity index (χ2v) is 28.3. The SMILES string of the molecule is CC1(C)c2cc(/C=C/c3ccc4c(c3)C(C)(C)c3cc(N(C5=CCC(c6cccc7ccccc67)C=C5)c5ccc(F)cc5)ccc3-4)ccc2-c2ccc(/C=C/c3ccc4c(c3)C(C)(C)c3cc(N(c5ccc(F)cc5)c5ccc(-c6cccc7ccccc67)cc5)ccc3-4)cc21. The van der Waals surface area contributed by atoms with E-state index in [1.54, 1.807) is 24.3 Å². The van der Waals surface area contributed by atoms with Gasteiger partial charge in [-0.25, -0.2) is 8.78 Å². The maximum absolute atomic E-state index is 14.5. The van der Waals surface area contributed by atoms with Crippen molar-refractivity contribution >= 4 is 74.3 Å². The Morgan fingerprint density at radius 1 is 0.330 bits per heavy atom. The summed E-state index contributed by atoms with van der Waals surface area (Å²) in [5.41, 5.74) is 29.0. The quantitative estimate of drug-likeness (QED) is 0.113. The Balaban J connectivity index is 0.596. The number of nitrogens with zero attached hydrogens (tertiary/aromatic N) is 2. The average Bonchev–Trinajstić information content (AvgIpc) is 1.60. The zero-order valence-corrected chi connectivity index (χ0v) is 55.4. The summed E-state index contributed by atoms with van der Waals surface area (Å²) < 4.78 is 29.0. The fourth-order valence-corrected chi connectivity index (χ4v) is 16.3. The van der Waals surface area contributed by atoms with Crippen LogP contribution in [-0.2, 0) is 16.2 Å². The molecule has 17 rings (SSSR count). The zero-order chi connectivity index (χ0) is 65.9. The molecule has 0 amide bonds. The maximum atomic E-state index is 14.5.